The number of hydrogen-bond donors (Lipinski definition) is 1. The molecule has 0 fully saturated rings. The van der Waals surface area contributed by atoms with Crippen molar-refractivity contribution >= 4 is 0 Å². The van der Waals surface area contributed by atoms with Crippen molar-refractivity contribution in [3.8, 4) is 17.0 Å². The zero-order valence-electron chi connectivity index (χ0n) is 8.92. The SMILES string of the molecule is COc1cc(CO)c(-c2cccnc2)cn1. The number of aliphatic hydroxyl groups is 1. The van der Waals surface area contributed by atoms with Crippen molar-refractivity contribution in [3.63, 3.8) is 0 Å². The van der Waals surface area contributed by atoms with E-state index in [1.807, 2.05) is 12.1 Å². The van der Waals surface area contributed by atoms with E-state index in [4.69, 9.17) is 4.74 Å². The number of nitrogens with zero attached hydrogens (tertiary/aromatic N) is 2. The third-order valence-electron chi connectivity index (χ3n) is 2.32. The Bertz CT molecular complexity index is 472. The van der Waals surface area contributed by atoms with Gasteiger partial charge in [-0.05, 0) is 11.6 Å². The molecule has 0 aliphatic carbocycles. The molecule has 0 bridgehead atoms. The normalized spacial score (nSPS) is 10.1. The molecule has 16 heavy (non-hydrogen) atoms. The molecule has 0 unspecified atom stereocenters. The largest absolute Gasteiger partial charge is 0.481 e. The summed E-state index contributed by atoms with van der Waals surface area (Å²) in [5.74, 6) is 0.497. The predicted molar refractivity (Wildman–Crippen MR) is 59.9 cm³/mol. The Morgan fingerprint density at radius 3 is 2.88 bits per heavy atom. The minimum atomic E-state index is -0.0525. The number of aromatic nitrogens is 2. The lowest BCUT2D eigenvalue weighted by molar-refractivity contribution is 0.281. The van der Waals surface area contributed by atoms with Crippen molar-refractivity contribution < 1.29 is 9.84 Å². The first kappa shape index (κ1) is 10.6. The van der Waals surface area contributed by atoms with Gasteiger partial charge in [0.1, 0.15) is 0 Å². The summed E-state index contributed by atoms with van der Waals surface area (Å²) in [6.45, 7) is -0.0525. The first-order chi connectivity index (χ1) is 7.85. The number of methoxy groups -OCH3 is 1. The van der Waals surface area contributed by atoms with Gasteiger partial charge >= 0.3 is 0 Å². The van der Waals surface area contributed by atoms with Gasteiger partial charge in [-0.1, -0.05) is 6.07 Å². The molecule has 1 N–H and O–H groups in total. The van der Waals surface area contributed by atoms with E-state index < -0.39 is 0 Å². The zero-order valence-corrected chi connectivity index (χ0v) is 8.92. The molecule has 0 atom stereocenters. The van der Waals surface area contributed by atoms with Crippen molar-refractivity contribution in [2.24, 2.45) is 0 Å². The van der Waals surface area contributed by atoms with E-state index >= 15 is 0 Å². The van der Waals surface area contributed by atoms with Gasteiger partial charge in [0.15, 0.2) is 0 Å². The highest BCUT2D eigenvalue weighted by molar-refractivity contribution is 5.65. The average Bonchev–Trinajstić information content (AvgIpc) is 2.39. The van der Waals surface area contributed by atoms with Gasteiger partial charge in [0.05, 0.1) is 13.7 Å². The molecule has 2 aromatic heterocycles. The van der Waals surface area contributed by atoms with Gasteiger partial charge < -0.3 is 9.84 Å². The molecular formula is C12H12N2O2. The lowest BCUT2D eigenvalue weighted by Crippen LogP contribution is -1.94. The fourth-order valence-corrected chi connectivity index (χ4v) is 1.50. The molecule has 2 aromatic rings. The summed E-state index contributed by atoms with van der Waals surface area (Å²) >= 11 is 0. The summed E-state index contributed by atoms with van der Waals surface area (Å²) in [6.07, 6.45) is 5.13. The van der Waals surface area contributed by atoms with E-state index in [2.05, 4.69) is 9.97 Å². The minimum Gasteiger partial charge on any atom is -0.481 e. The smallest absolute Gasteiger partial charge is 0.213 e. The first-order valence-corrected chi connectivity index (χ1v) is 4.89. The molecule has 0 saturated carbocycles. The highest BCUT2D eigenvalue weighted by atomic mass is 16.5. The lowest BCUT2D eigenvalue weighted by Gasteiger charge is -2.08. The van der Waals surface area contributed by atoms with Crippen molar-refractivity contribution in [1.82, 2.24) is 9.97 Å². The van der Waals surface area contributed by atoms with Crippen LogP contribution >= 0.6 is 0 Å². The first-order valence-electron chi connectivity index (χ1n) is 4.89. The van der Waals surface area contributed by atoms with E-state index in [0.717, 1.165) is 16.7 Å². The quantitative estimate of drug-likeness (QED) is 0.847. The van der Waals surface area contributed by atoms with Crippen LogP contribution in [0, 0.1) is 0 Å². The Kier molecular flexibility index (Phi) is 3.12. The van der Waals surface area contributed by atoms with Crippen LogP contribution in [-0.4, -0.2) is 22.2 Å². The van der Waals surface area contributed by atoms with Crippen LogP contribution in [0.15, 0.2) is 36.8 Å². The summed E-state index contributed by atoms with van der Waals surface area (Å²) in [7, 11) is 1.55. The van der Waals surface area contributed by atoms with Gasteiger partial charge in [0, 0.05) is 35.8 Å². The second-order valence-corrected chi connectivity index (χ2v) is 3.28. The molecule has 0 aliphatic heterocycles. The molecule has 0 radical (unpaired) electrons. The van der Waals surface area contributed by atoms with Crippen LogP contribution < -0.4 is 4.74 Å². The standard InChI is InChI=1S/C12H12N2O2/c1-16-12-5-10(8-15)11(7-14-12)9-3-2-4-13-6-9/h2-7,15H,8H2,1H3. The number of rotatable bonds is 3. The monoisotopic (exact) mass is 216 g/mol. The van der Waals surface area contributed by atoms with E-state index in [9.17, 15) is 5.11 Å². The van der Waals surface area contributed by atoms with E-state index in [0.29, 0.717) is 5.88 Å². The molecule has 0 aliphatic rings. The Morgan fingerprint density at radius 2 is 2.25 bits per heavy atom. The van der Waals surface area contributed by atoms with Crippen LogP contribution in [-0.2, 0) is 6.61 Å². The fourth-order valence-electron chi connectivity index (χ4n) is 1.50. The third kappa shape index (κ3) is 2.01. The molecule has 4 heteroatoms. The van der Waals surface area contributed by atoms with Gasteiger partial charge in [-0.15, -0.1) is 0 Å². The highest BCUT2D eigenvalue weighted by Gasteiger charge is 2.06. The summed E-state index contributed by atoms with van der Waals surface area (Å²) in [6, 6.07) is 5.50. The molecule has 0 aromatic carbocycles. The van der Waals surface area contributed by atoms with Crippen molar-refractivity contribution in [3.05, 3.63) is 42.4 Å². The Morgan fingerprint density at radius 1 is 1.38 bits per heavy atom. The van der Waals surface area contributed by atoms with Crippen molar-refractivity contribution in [2.45, 2.75) is 6.61 Å². The molecule has 4 nitrogen and oxygen atoms in total. The third-order valence-corrected chi connectivity index (χ3v) is 2.32. The zero-order chi connectivity index (χ0) is 11.4. The minimum absolute atomic E-state index is 0.0525. The van der Waals surface area contributed by atoms with Gasteiger partial charge in [-0.3, -0.25) is 4.98 Å². The highest BCUT2D eigenvalue weighted by Crippen LogP contribution is 2.24. The summed E-state index contributed by atoms with van der Waals surface area (Å²) in [5.41, 5.74) is 2.58. The molecule has 0 amide bonds. The number of aliphatic hydroxyl groups excluding tert-OH is 1. The molecule has 2 rings (SSSR count). The van der Waals surface area contributed by atoms with Crippen LogP contribution in [0.4, 0.5) is 0 Å². The number of hydrogen-bond acceptors (Lipinski definition) is 4. The Balaban J connectivity index is 2.49. The Hall–Kier alpha value is -1.94. The fraction of sp³-hybridized carbons (Fsp3) is 0.167. The van der Waals surface area contributed by atoms with Crippen LogP contribution in [0.5, 0.6) is 5.88 Å². The number of pyridine rings is 2. The predicted octanol–water partition coefficient (Wildman–Crippen LogP) is 1.64. The van der Waals surface area contributed by atoms with Gasteiger partial charge in [-0.2, -0.15) is 0 Å². The van der Waals surface area contributed by atoms with Gasteiger partial charge in [-0.25, -0.2) is 4.98 Å². The maximum Gasteiger partial charge on any atom is 0.213 e. The van der Waals surface area contributed by atoms with E-state index in [-0.39, 0.29) is 6.61 Å². The second-order valence-electron chi connectivity index (χ2n) is 3.28. The molecule has 2 heterocycles. The maximum absolute atomic E-state index is 9.30. The molecular weight excluding hydrogens is 204 g/mol. The van der Waals surface area contributed by atoms with Crippen LogP contribution in [0.2, 0.25) is 0 Å². The second kappa shape index (κ2) is 4.72. The topological polar surface area (TPSA) is 55.2 Å². The van der Waals surface area contributed by atoms with Crippen LogP contribution in [0.3, 0.4) is 0 Å². The average molecular weight is 216 g/mol. The maximum atomic E-state index is 9.30. The van der Waals surface area contributed by atoms with E-state index in [1.54, 1.807) is 31.8 Å². The molecule has 0 spiro atoms. The van der Waals surface area contributed by atoms with Gasteiger partial charge in [0.2, 0.25) is 5.88 Å². The lowest BCUT2D eigenvalue weighted by atomic mass is 10.0. The van der Waals surface area contributed by atoms with E-state index in [1.165, 1.54) is 0 Å². The summed E-state index contributed by atoms with van der Waals surface area (Å²) in [5, 5.41) is 9.30. The van der Waals surface area contributed by atoms with Crippen LogP contribution in [0.25, 0.3) is 11.1 Å². The number of ether oxygens (including phenoxy) is 1. The summed E-state index contributed by atoms with van der Waals surface area (Å²) < 4.78 is 5.01. The van der Waals surface area contributed by atoms with Gasteiger partial charge in [0.25, 0.3) is 0 Å². The molecule has 0 saturated heterocycles. The van der Waals surface area contributed by atoms with Crippen LogP contribution in [0.1, 0.15) is 5.56 Å². The Labute approximate surface area is 93.6 Å². The molecule has 82 valence electrons. The summed E-state index contributed by atoms with van der Waals surface area (Å²) in [4.78, 5) is 8.16. The van der Waals surface area contributed by atoms with Crippen molar-refractivity contribution in [2.75, 3.05) is 7.11 Å². The van der Waals surface area contributed by atoms with Crippen molar-refractivity contribution in [1.29, 1.82) is 0 Å².